The Bertz CT molecular complexity index is 3640. The normalized spacial score (nSPS) is 13.0. The van der Waals surface area contributed by atoms with Gasteiger partial charge in [-0.1, -0.05) is 176 Å². The van der Waals surface area contributed by atoms with E-state index in [4.69, 9.17) is 0 Å². The number of benzene rings is 10. The van der Waals surface area contributed by atoms with E-state index in [0.717, 1.165) is 22.6 Å². The van der Waals surface area contributed by atoms with E-state index in [0.29, 0.717) is 0 Å². The van der Waals surface area contributed by atoms with Crippen LogP contribution in [0.3, 0.4) is 0 Å². The van der Waals surface area contributed by atoms with Crippen molar-refractivity contribution in [1.29, 1.82) is 0 Å². The molecule has 0 atom stereocenters. The molecule has 1 aliphatic carbocycles. The van der Waals surface area contributed by atoms with Gasteiger partial charge in [0, 0.05) is 58.9 Å². The van der Waals surface area contributed by atoms with Gasteiger partial charge in [-0.3, -0.25) is 0 Å². The minimum absolute atomic E-state index is 0.512. The van der Waals surface area contributed by atoms with Crippen LogP contribution in [0.2, 0.25) is 0 Å². The summed E-state index contributed by atoms with van der Waals surface area (Å²) in [4.78, 5) is 6.37. The summed E-state index contributed by atoms with van der Waals surface area (Å²) in [6.45, 7) is 0. The van der Waals surface area contributed by atoms with Crippen molar-refractivity contribution in [2.75, 3.05) is 4.90 Å². The third-order valence-electron chi connectivity index (χ3n) is 13.3. The molecule has 0 bridgehead atoms. The summed E-state index contributed by atoms with van der Waals surface area (Å²) in [7, 11) is 0. The Balaban J connectivity index is 1.09. The molecular weight excluding hydrogens is 769 g/mol. The van der Waals surface area contributed by atoms with Crippen LogP contribution in [0, 0.1) is 0 Å². The Kier molecular flexibility index (Phi) is 7.72. The fourth-order valence-corrected chi connectivity index (χ4v) is 11.9. The SMILES string of the molecule is c1ccc(-c2ccc(N(c3ccc4c(c3)C(c3ccccc3)(c3ccccc3)c3ccccc3-4)c3ccc4[nH]c5c6ccccc6c6c7ccccc7sc6c5c4c3)cc2)cc1. The molecule has 0 aliphatic heterocycles. The minimum atomic E-state index is -0.512. The predicted octanol–water partition coefficient (Wildman–Crippen LogP) is 16.3. The molecular formula is C59H38N2S. The number of hydrogen-bond acceptors (Lipinski definition) is 2. The number of hydrogen-bond donors (Lipinski definition) is 1. The van der Waals surface area contributed by atoms with E-state index in [-0.39, 0.29) is 0 Å². The van der Waals surface area contributed by atoms with Gasteiger partial charge >= 0.3 is 0 Å². The molecule has 0 spiro atoms. The fourth-order valence-electron chi connectivity index (χ4n) is 10.6. The summed E-state index contributed by atoms with van der Waals surface area (Å²) >= 11 is 1.90. The van der Waals surface area contributed by atoms with Gasteiger partial charge < -0.3 is 9.88 Å². The van der Waals surface area contributed by atoms with E-state index < -0.39 is 5.41 Å². The number of nitrogens with one attached hydrogen (secondary N) is 1. The molecule has 0 fully saturated rings. The molecule has 0 unspecified atom stereocenters. The van der Waals surface area contributed by atoms with Crippen molar-refractivity contribution in [2.24, 2.45) is 0 Å². The summed E-state index contributed by atoms with van der Waals surface area (Å²) in [6, 6.07) is 82.8. The molecule has 1 N–H and O–H groups in total. The van der Waals surface area contributed by atoms with E-state index >= 15 is 0 Å². The van der Waals surface area contributed by atoms with Crippen LogP contribution in [0.1, 0.15) is 22.3 Å². The second kappa shape index (κ2) is 13.7. The zero-order valence-electron chi connectivity index (χ0n) is 33.7. The molecule has 0 saturated carbocycles. The zero-order chi connectivity index (χ0) is 40.8. The predicted molar refractivity (Wildman–Crippen MR) is 264 cm³/mol. The lowest BCUT2D eigenvalue weighted by Crippen LogP contribution is -2.28. The second-order valence-electron chi connectivity index (χ2n) is 16.5. The Morgan fingerprint density at radius 3 is 1.71 bits per heavy atom. The first-order valence-electron chi connectivity index (χ1n) is 21.3. The van der Waals surface area contributed by atoms with Gasteiger partial charge in [-0.15, -0.1) is 11.3 Å². The third kappa shape index (κ3) is 5.03. The number of thiophene rings is 1. The number of rotatable bonds is 6. The van der Waals surface area contributed by atoms with Crippen LogP contribution in [0.25, 0.3) is 75.0 Å². The molecule has 290 valence electrons. The van der Waals surface area contributed by atoms with Crippen molar-refractivity contribution in [3.63, 3.8) is 0 Å². The molecule has 12 aromatic rings. The van der Waals surface area contributed by atoms with Crippen LogP contribution < -0.4 is 4.90 Å². The number of fused-ring (bicyclic) bond motifs is 13. The van der Waals surface area contributed by atoms with Gasteiger partial charge in [-0.25, -0.2) is 0 Å². The summed E-state index contributed by atoms with van der Waals surface area (Å²) in [5.41, 5.74) is 15.2. The molecule has 0 saturated heterocycles. The number of aromatic amines is 1. The van der Waals surface area contributed by atoms with Crippen LogP contribution >= 0.6 is 11.3 Å². The van der Waals surface area contributed by atoms with E-state index in [9.17, 15) is 0 Å². The Labute approximate surface area is 363 Å². The van der Waals surface area contributed by atoms with Crippen LogP contribution in [-0.2, 0) is 5.41 Å². The van der Waals surface area contributed by atoms with Crippen LogP contribution in [-0.4, -0.2) is 4.98 Å². The van der Waals surface area contributed by atoms with Gasteiger partial charge in [-0.2, -0.15) is 0 Å². The topological polar surface area (TPSA) is 19.0 Å². The maximum Gasteiger partial charge on any atom is 0.0714 e. The molecule has 1 aliphatic rings. The lowest BCUT2D eigenvalue weighted by Gasteiger charge is -2.35. The van der Waals surface area contributed by atoms with Crippen molar-refractivity contribution >= 4 is 81.1 Å². The molecule has 2 aromatic heterocycles. The highest BCUT2D eigenvalue weighted by Crippen LogP contribution is 2.57. The average molecular weight is 807 g/mol. The number of H-pyrrole nitrogens is 1. The van der Waals surface area contributed by atoms with Crippen molar-refractivity contribution in [2.45, 2.75) is 5.41 Å². The average Bonchev–Trinajstić information content (AvgIpc) is 4.02. The van der Waals surface area contributed by atoms with E-state index in [1.807, 2.05) is 11.3 Å². The number of aromatic nitrogens is 1. The number of anilines is 3. The largest absolute Gasteiger partial charge is 0.354 e. The monoisotopic (exact) mass is 806 g/mol. The maximum atomic E-state index is 3.91. The molecule has 10 aromatic carbocycles. The van der Waals surface area contributed by atoms with Crippen molar-refractivity contribution in [3.8, 4) is 22.3 Å². The standard InChI is InChI=1S/C59H38N2S/c1-4-16-38(17-5-1)39-28-30-42(31-29-39)61(43-33-35-53-50(36-43)56-57(60-53)48-24-11-10-23-47(48)55-49-25-13-15-27-54(49)62-58(55)56)44-32-34-46-45-22-12-14-26-51(45)59(52(46)37-44,40-18-6-2-7-19-40)41-20-8-3-9-21-41/h1-37,60H. The molecule has 0 amide bonds. The van der Waals surface area contributed by atoms with Crippen molar-refractivity contribution in [3.05, 3.63) is 247 Å². The number of nitrogens with zero attached hydrogens (tertiary/aromatic N) is 1. The summed E-state index contributed by atoms with van der Waals surface area (Å²) in [5, 5.41) is 7.70. The van der Waals surface area contributed by atoms with Crippen LogP contribution in [0.4, 0.5) is 17.1 Å². The van der Waals surface area contributed by atoms with E-state index in [2.05, 4.69) is 234 Å². The van der Waals surface area contributed by atoms with Gasteiger partial charge in [0.25, 0.3) is 0 Å². The van der Waals surface area contributed by atoms with E-state index in [1.165, 1.54) is 91.7 Å². The highest BCUT2D eigenvalue weighted by Gasteiger charge is 2.46. The van der Waals surface area contributed by atoms with Gasteiger partial charge in [0.05, 0.1) is 10.9 Å². The Morgan fingerprint density at radius 2 is 0.952 bits per heavy atom. The van der Waals surface area contributed by atoms with Crippen LogP contribution in [0.5, 0.6) is 0 Å². The lowest BCUT2D eigenvalue weighted by atomic mass is 9.67. The zero-order valence-corrected chi connectivity index (χ0v) is 34.5. The highest BCUT2D eigenvalue weighted by molar-refractivity contribution is 7.27. The van der Waals surface area contributed by atoms with Crippen LogP contribution in [0.15, 0.2) is 224 Å². The van der Waals surface area contributed by atoms with Gasteiger partial charge in [0.15, 0.2) is 0 Å². The second-order valence-corrected chi connectivity index (χ2v) is 17.5. The molecule has 2 heterocycles. The molecule has 0 radical (unpaired) electrons. The molecule has 13 rings (SSSR count). The third-order valence-corrected chi connectivity index (χ3v) is 14.4. The smallest absolute Gasteiger partial charge is 0.0714 e. The Hall–Kier alpha value is -7.72. The highest BCUT2D eigenvalue weighted by atomic mass is 32.1. The summed E-state index contributed by atoms with van der Waals surface area (Å²) in [6.07, 6.45) is 0. The molecule has 3 heteroatoms. The maximum absolute atomic E-state index is 3.91. The first kappa shape index (κ1) is 35.1. The van der Waals surface area contributed by atoms with Crippen molar-refractivity contribution < 1.29 is 0 Å². The first-order valence-corrected chi connectivity index (χ1v) is 22.2. The van der Waals surface area contributed by atoms with E-state index in [1.54, 1.807) is 0 Å². The minimum Gasteiger partial charge on any atom is -0.354 e. The van der Waals surface area contributed by atoms with Gasteiger partial charge in [0.1, 0.15) is 0 Å². The summed E-state index contributed by atoms with van der Waals surface area (Å²) < 4.78 is 2.64. The molecule has 62 heavy (non-hydrogen) atoms. The first-order chi connectivity index (χ1) is 30.8. The molecule has 2 nitrogen and oxygen atoms in total. The van der Waals surface area contributed by atoms with Gasteiger partial charge in [0.2, 0.25) is 0 Å². The van der Waals surface area contributed by atoms with Crippen molar-refractivity contribution in [1.82, 2.24) is 4.98 Å². The quantitative estimate of drug-likeness (QED) is 0.177. The Morgan fingerprint density at radius 1 is 0.387 bits per heavy atom. The van der Waals surface area contributed by atoms with Gasteiger partial charge in [-0.05, 0) is 98.4 Å². The summed E-state index contributed by atoms with van der Waals surface area (Å²) in [5.74, 6) is 0. The fraction of sp³-hybridized carbons (Fsp3) is 0.0169. The lowest BCUT2D eigenvalue weighted by molar-refractivity contribution is 0.768.